The van der Waals surface area contributed by atoms with E-state index in [2.05, 4.69) is 13.8 Å². The Morgan fingerprint density at radius 1 is 1.27 bits per heavy atom. The molecular weight excluding hydrogens is 136 g/mol. The molecule has 1 heteroatoms. The molecule has 1 aliphatic rings. The summed E-state index contributed by atoms with van der Waals surface area (Å²) in [5, 5.41) is 0. The normalized spacial score (nSPS) is 32.2. The summed E-state index contributed by atoms with van der Waals surface area (Å²) in [6.45, 7) is 5.27. The van der Waals surface area contributed by atoms with Gasteiger partial charge in [-0.25, -0.2) is 0 Å². The average Bonchev–Trinajstić information content (AvgIpc) is 2.06. The highest BCUT2D eigenvalue weighted by Crippen LogP contribution is 2.28. The minimum atomic E-state index is 0.582. The van der Waals surface area contributed by atoms with E-state index < -0.39 is 0 Å². The highest BCUT2D eigenvalue weighted by Gasteiger charge is 2.20. The zero-order chi connectivity index (χ0) is 8.10. The van der Waals surface area contributed by atoms with Crippen LogP contribution in [-0.4, -0.2) is 12.7 Å². The van der Waals surface area contributed by atoms with Gasteiger partial charge in [0.2, 0.25) is 0 Å². The molecule has 0 amide bonds. The first-order chi connectivity index (χ1) is 5.36. The van der Waals surface area contributed by atoms with Crippen molar-refractivity contribution in [2.24, 2.45) is 5.92 Å². The lowest BCUT2D eigenvalue weighted by Crippen LogP contribution is -2.22. The molecule has 1 saturated carbocycles. The van der Waals surface area contributed by atoms with E-state index in [0.717, 1.165) is 12.5 Å². The van der Waals surface area contributed by atoms with Crippen molar-refractivity contribution in [1.82, 2.24) is 0 Å². The van der Waals surface area contributed by atoms with Crippen LogP contribution in [0, 0.1) is 5.92 Å². The third kappa shape index (κ3) is 2.82. The monoisotopic (exact) mass is 156 g/mol. The quantitative estimate of drug-likeness (QED) is 0.610. The van der Waals surface area contributed by atoms with Crippen molar-refractivity contribution in [2.75, 3.05) is 6.61 Å². The Kier molecular flexibility index (Phi) is 3.92. The van der Waals surface area contributed by atoms with Crippen LogP contribution in [0.1, 0.15) is 46.0 Å². The maximum absolute atomic E-state index is 5.61. The Labute approximate surface area is 70.1 Å². The first-order valence-corrected chi connectivity index (χ1v) is 4.98. The van der Waals surface area contributed by atoms with Crippen LogP contribution in [0.25, 0.3) is 0 Å². The molecule has 0 aromatic rings. The predicted octanol–water partition coefficient (Wildman–Crippen LogP) is 2.99. The Morgan fingerprint density at radius 3 is 2.73 bits per heavy atom. The molecule has 0 N–H and O–H groups in total. The van der Waals surface area contributed by atoms with Crippen LogP contribution in [-0.2, 0) is 4.74 Å². The summed E-state index contributed by atoms with van der Waals surface area (Å²) in [6, 6.07) is 0. The maximum Gasteiger partial charge on any atom is 0.0577 e. The number of ether oxygens (including phenoxy) is 1. The van der Waals surface area contributed by atoms with Gasteiger partial charge in [0, 0.05) is 6.61 Å². The number of hydrogen-bond donors (Lipinski definition) is 0. The zero-order valence-electron chi connectivity index (χ0n) is 7.81. The molecule has 0 saturated heterocycles. The molecule has 0 bridgehead atoms. The van der Waals surface area contributed by atoms with E-state index in [4.69, 9.17) is 4.74 Å². The summed E-state index contributed by atoms with van der Waals surface area (Å²) in [5.74, 6) is 0.945. The molecule has 1 nitrogen and oxygen atoms in total. The SMILES string of the molecule is CCOC1CCC[C@H](CC)C1. The van der Waals surface area contributed by atoms with Crippen molar-refractivity contribution < 1.29 is 4.74 Å². The Bertz CT molecular complexity index is 99.0. The molecule has 0 aromatic carbocycles. The molecule has 0 spiro atoms. The van der Waals surface area contributed by atoms with Crippen molar-refractivity contribution in [2.45, 2.75) is 52.1 Å². The lowest BCUT2D eigenvalue weighted by Gasteiger charge is -2.27. The lowest BCUT2D eigenvalue weighted by atomic mass is 9.85. The summed E-state index contributed by atoms with van der Waals surface area (Å²) in [4.78, 5) is 0. The van der Waals surface area contributed by atoms with Crippen LogP contribution in [0.5, 0.6) is 0 Å². The minimum absolute atomic E-state index is 0.582. The summed E-state index contributed by atoms with van der Waals surface area (Å²) >= 11 is 0. The second kappa shape index (κ2) is 4.76. The van der Waals surface area contributed by atoms with Crippen LogP contribution in [0.2, 0.25) is 0 Å². The zero-order valence-corrected chi connectivity index (χ0v) is 7.81. The van der Waals surface area contributed by atoms with Gasteiger partial charge in [0.15, 0.2) is 0 Å². The predicted molar refractivity (Wildman–Crippen MR) is 47.7 cm³/mol. The van der Waals surface area contributed by atoms with Gasteiger partial charge < -0.3 is 4.74 Å². The largest absolute Gasteiger partial charge is 0.378 e. The molecule has 1 rings (SSSR count). The van der Waals surface area contributed by atoms with Gasteiger partial charge in [-0.1, -0.05) is 26.2 Å². The van der Waals surface area contributed by atoms with Crippen LogP contribution in [0.15, 0.2) is 0 Å². The van der Waals surface area contributed by atoms with Crippen molar-refractivity contribution >= 4 is 0 Å². The van der Waals surface area contributed by atoms with E-state index in [0.29, 0.717) is 6.10 Å². The topological polar surface area (TPSA) is 9.23 Å². The number of hydrogen-bond acceptors (Lipinski definition) is 1. The third-order valence-corrected chi connectivity index (χ3v) is 2.71. The molecule has 1 aliphatic carbocycles. The van der Waals surface area contributed by atoms with Gasteiger partial charge in [0.05, 0.1) is 6.10 Å². The molecule has 0 aliphatic heterocycles. The van der Waals surface area contributed by atoms with E-state index in [9.17, 15) is 0 Å². The lowest BCUT2D eigenvalue weighted by molar-refractivity contribution is 0.0199. The summed E-state index contributed by atoms with van der Waals surface area (Å²) in [6.07, 6.45) is 7.33. The fourth-order valence-corrected chi connectivity index (χ4v) is 2.00. The highest BCUT2D eigenvalue weighted by atomic mass is 16.5. The van der Waals surface area contributed by atoms with Gasteiger partial charge in [-0.15, -0.1) is 0 Å². The van der Waals surface area contributed by atoms with Crippen LogP contribution in [0.3, 0.4) is 0 Å². The van der Waals surface area contributed by atoms with Gasteiger partial charge in [0.25, 0.3) is 0 Å². The van der Waals surface area contributed by atoms with E-state index in [-0.39, 0.29) is 0 Å². The fourth-order valence-electron chi connectivity index (χ4n) is 2.00. The van der Waals surface area contributed by atoms with E-state index in [1.807, 2.05) is 0 Å². The molecule has 1 fully saturated rings. The molecule has 66 valence electrons. The second-order valence-corrected chi connectivity index (χ2v) is 3.52. The van der Waals surface area contributed by atoms with Gasteiger partial charge in [-0.3, -0.25) is 0 Å². The molecule has 2 atom stereocenters. The van der Waals surface area contributed by atoms with Crippen molar-refractivity contribution in [3.05, 3.63) is 0 Å². The van der Waals surface area contributed by atoms with Gasteiger partial charge in [-0.2, -0.15) is 0 Å². The molecular formula is C10H20O. The Morgan fingerprint density at radius 2 is 2.09 bits per heavy atom. The fraction of sp³-hybridized carbons (Fsp3) is 1.00. The average molecular weight is 156 g/mol. The van der Waals surface area contributed by atoms with Crippen molar-refractivity contribution in [3.63, 3.8) is 0 Å². The van der Waals surface area contributed by atoms with E-state index in [1.165, 1.54) is 32.1 Å². The summed E-state index contributed by atoms with van der Waals surface area (Å²) in [7, 11) is 0. The molecule has 0 heterocycles. The second-order valence-electron chi connectivity index (χ2n) is 3.52. The van der Waals surface area contributed by atoms with E-state index in [1.54, 1.807) is 0 Å². The summed E-state index contributed by atoms with van der Waals surface area (Å²) in [5.41, 5.74) is 0. The van der Waals surface area contributed by atoms with E-state index >= 15 is 0 Å². The molecule has 1 unspecified atom stereocenters. The first kappa shape index (κ1) is 9.05. The highest BCUT2D eigenvalue weighted by molar-refractivity contribution is 4.72. The van der Waals surface area contributed by atoms with Gasteiger partial charge in [0.1, 0.15) is 0 Å². The van der Waals surface area contributed by atoms with Crippen LogP contribution >= 0.6 is 0 Å². The van der Waals surface area contributed by atoms with Crippen LogP contribution in [0.4, 0.5) is 0 Å². The number of rotatable bonds is 3. The van der Waals surface area contributed by atoms with Crippen LogP contribution < -0.4 is 0 Å². The molecule has 0 aromatic heterocycles. The van der Waals surface area contributed by atoms with Gasteiger partial charge >= 0.3 is 0 Å². The third-order valence-electron chi connectivity index (χ3n) is 2.71. The van der Waals surface area contributed by atoms with Crippen molar-refractivity contribution in [1.29, 1.82) is 0 Å². The molecule has 11 heavy (non-hydrogen) atoms. The Hall–Kier alpha value is -0.0400. The first-order valence-electron chi connectivity index (χ1n) is 4.98. The Balaban J connectivity index is 2.21. The standard InChI is InChI=1S/C10H20O/c1-3-9-6-5-7-10(8-9)11-4-2/h9-10H,3-8H2,1-2H3/t9-,10?/m0/s1. The maximum atomic E-state index is 5.61. The van der Waals surface area contributed by atoms with Gasteiger partial charge in [-0.05, 0) is 25.7 Å². The van der Waals surface area contributed by atoms with Crippen molar-refractivity contribution in [3.8, 4) is 0 Å². The smallest absolute Gasteiger partial charge is 0.0577 e. The summed E-state index contributed by atoms with van der Waals surface area (Å²) < 4.78 is 5.61. The minimum Gasteiger partial charge on any atom is -0.378 e. The molecule has 0 radical (unpaired) electrons.